The lowest BCUT2D eigenvalue weighted by atomic mass is 9.98. The Morgan fingerprint density at radius 3 is 2.42 bits per heavy atom. The van der Waals surface area contributed by atoms with Crippen LogP contribution in [-0.4, -0.2) is 29.9 Å². The lowest BCUT2D eigenvalue weighted by Gasteiger charge is -2.24. The van der Waals surface area contributed by atoms with Crippen molar-refractivity contribution in [3.8, 4) is 0 Å². The Labute approximate surface area is 73.9 Å². The van der Waals surface area contributed by atoms with E-state index in [9.17, 15) is 13.6 Å². The molecule has 0 aliphatic carbocycles. The van der Waals surface area contributed by atoms with Crippen LogP contribution in [0, 0.1) is 0 Å². The predicted octanol–water partition coefficient (Wildman–Crippen LogP) is 0.187. The van der Waals surface area contributed by atoms with Crippen LogP contribution in [0.5, 0.6) is 0 Å². The van der Waals surface area contributed by atoms with Gasteiger partial charge in [-0.05, 0) is 18.4 Å². The summed E-state index contributed by atoms with van der Waals surface area (Å²) in [4.78, 5) is 10.6. The highest BCUT2D eigenvalue weighted by Crippen LogP contribution is 2.18. The molecule has 1 amide bonds. The molecule has 12 heavy (non-hydrogen) atoms. The number of alkyl halides is 2. The number of hydrogen-bond donors (Lipinski definition) is 2. The zero-order chi connectivity index (χ0) is 9.78. The smallest absolute Gasteiger partial charge is 0.265 e. The lowest BCUT2D eigenvalue weighted by molar-refractivity contribution is -0.128. The Balaban J connectivity index is 4.29. The Morgan fingerprint density at radius 1 is 1.67 bits per heavy atom. The van der Waals surface area contributed by atoms with Crippen LogP contribution >= 0.6 is 11.8 Å². The van der Waals surface area contributed by atoms with Gasteiger partial charge in [0.1, 0.15) is 0 Å². The number of nitrogens with two attached hydrogens (primary N) is 2. The van der Waals surface area contributed by atoms with Crippen molar-refractivity contribution >= 4 is 17.7 Å². The van der Waals surface area contributed by atoms with E-state index in [1.807, 2.05) is 0 Å². The number of amides is 1. The summed E-state index contributed by atoms with van der Waals surface area (Å²) in [5, 5.41) is 0. The molecule has 0 aliphatic heterocycles. The number of carbonyl (C=O) groups excluding carboxylic acids is 1. The van der Waals surface area contributed by atoms with Crippen molar-refractivity contribution in [2.24, 2.45) is 11.5 Å². The molecule has 6 heteroatoms. The third kappa shape index (κ3) is 2.60. The average molecular weight is 198 g/mol. The Kier molecular flexibility index (Phi) is 4.47. The van der Waals surface area contributed by atoms with E-state index in [4.69, 9.17) is 11.5 Å². The Hall–Kier alpha value is -0.360. The molecule has 0 rings (SSSR count). The number of primary amides is 1. The highest BCUT2D eigenvalue weighted by atomic mass is 32.2. The molecule has 0 heterocycles. The predicted molar refractivity (Wildman–Crippen MR) is 45.1 cm³/mol. The normalized spacial score (nSPS) is 16.1. The van der Waals surface area contributed by atoms with Crippen LogP contribution in [0.1, 0.15) is 6.42 Å². The van der Waals surface area contributed by atoms with Gasteiger partial charge in [0.2, 0.25) is 5.91 Å². The molecule has 0 bridgehead atoms. The molecule has 0 aliphatic rings. The van der Waals surface area contributed by atoms with Crippen molar-refractivity contribution in [2.45, 2.75) is 18.4 Å². The van der Waals surface area contributed by atoms with Crippen LogP contribution in [0.15, 0.2) is 0 Å². The second kappa shape index (κ2) is 4.61. The van der Waals surface area contributed by atoms with Crippen molar-refractivity contribution in [3.05, 3.63) is 0 Å². The van der Waals surface area contributed by atoms with Crippen molar-refractivity contribution < 1.29 is 13.6 Å². The molecular formula is C6H12F2N2OS. The first-order chi connectivity index (χ1) is 5.45. The number of thioether (sulfide) groups is 1. The quantitative estimate of drug-likeness (QED) is 0.662. The van der Waals surface area contributed by atoms with Gasteiger partial charge in [-0.25, -0.2) is 8.78 Å². The third-order valence-electron chi connectivity index (χ3n) is 1.57. The summed E-state index contributed by atoms with van der Waals surface area (Å²) in [6, 6.07) is 0. The number of carbonyl (C=O) groups is 1. The van der Waals surface area contributed by atoms with E-state index in [0.717, 1.165) is 0 Å². The van der Waals surface area contributed by atoms with Gasteiger partial charge in [-0.1, -0.05) is 0 Å². The Morgan fingerprint density at radius 2 is 2.17 bits per heavy atom. The SMILES string of the molecule is CSCCC(N)(C(N)=O)C(F)F. The number of hydrogen-bond acceptors (Lipinski definition) is 3. The molecule has 0 fully saturated rings. The molecule has 0 aromatic carbocycles. The maximum atomic E-state index is 12.2. The fourth-order valence-corrected chi connectivity index (χ4v) is 1.15. The van der Waals surface area contributed by atoms with E-state index in [1.165, 1.54) is 11.8 Å². The third-order valence-corrected chi connectivity index (χ3v) is 2.18. The molecule has 3 nitrogen and oxygen atoms in total. The van der Waals surface area contributed by atoms with E-state index < -0.39 is 17.9 Å². The molecule has 0 aromatic rings. The van der Waals surface area contributed by atoms with Crippen LogP contribution in [0.2, 0.25) is 0 Å². The molecule has 0 saturated carbocycles. The van der Waals surface area contributed by atoms with Gasteiger partial charge in [-0.15, -0.1) is 0 Å². The first-order valence-electron chi connectivity index (χ1n) is 3.31. The molecule has 0 aromatic heterocycles. The van der Waals surface area contributed by atoms with Crippen molar-refractivity contribution in [3.63, 3.8) is 0 Å². The van der Waals surface area contributed by atoms with E-state index in [1.54, 1.807) is 6.26 Å². The van der Waals surface area contributed by atoms with Crippen molar-refractivity contribution in [1.29, 1.82) is 0 Å². The summed E-state index contributed by atoms with van der Waals surface area (Å²) in [5.74, 6) is -0.754. The molecular weight excluding hydrogens is 186 g/mol. The summed E-state index contributed by atoms with van der Waals surface area (Å²) >= 11 is 1.34. The highest BCUT2D eigenvalue weighted by Gasteiger charge is 2.41. The second-order valence-electron chi connectivity index (χ2n) is 2.45. The maximum Gasteiger partial charge on any atom is 0.265 e. The zero-order valence-electron chi connectivity index (χ0n) is 6.72. The Bertz CT molecular complexity index is 168. The molecule has 4 N–H and O–H groups in total. The topological polar surface area (TPSA) is 69.1 Å². The minimum absolute atomic E-state index is 0.0961. The molecule has 0 spiro atoms. The van der Waals surface area contributed by atoms with Crippen molar-refractivity contribution in [2.75, 3.05) is 12.0 Å². The van der Waals surface area contributed by atoms with Crippen LogP contribution in [0.3, 0.4) is 0 Å². The van der Waals surface area contributed by atoms with Crippen LogP contribution in [-0.2, 0) is 4.79 Å². The monoisotopic (exact) mass is 198 g/mol. The molecule has 1 unspecified atom stereocenters. The molecule has 1 atom stereocenters. The van der Waals surface area contributed by atoms with Gasteiger partial charge in [0.25, 0.3) is 6.43 Å². The van der Waals surface area contributed by atoms with Gasteiger partial charge in [0.15, 0.2) is 5.54 Å². The fraction of sp³-hybridized carbons (Fsp3) is 0.833. The van der Waals surface area contributed by atoms with Crippen LogP contribution in [0.4, 0.5) is 8.78 Å². The number of rotatable bonds is 5. The van der Waals surface area contributed by atoms with Crippen LogP contribution < -0.4 is 11.5 Å². The summed E-state index contributed by atoms with van der Waals surface area (Å²) in [6.45, 7) is 0. The zero-order valence-corrected chi connectivity index (χ0v) is 7.54. The first kappa shape index (κ1) is 11.6. The molecule has 0 saturated heterocycles. The van der Waals surface area contributed by atoms with Gasteiger partial charge >= 0.3 is 0 Å². The standard InChI is InChI=1S/C6H12F2N2OS/c1-12-3-2-6(10,4(7)8)5(9)11/h4H,2-3,10H2,1H3,(H2,9,11). The molecule has 0 radical (unpaired) electrons. The van der Waals surface area contributed by atoms with Crippen molar-refractivity contribution in [1.82, 2.24) is 0 Å². The fourth-order valence-electron chi connectivity index (χ4n) is 0.611. The lowest BCUT2D eigenvalue weighted by Crippen LogP contribution is -2.57. The van der Waals surface area contributed by atoms with E-state index in [-0.39, 0.29) is 6.42 Å². The first-order valence-corrected chi connectivity index (χ1v) is 4.70. The van der Waals surface area contributed by atoms with E-state index >= 15 is 0 Å². The second-order valence-corrected chi connectivity index (χ2v) is 3.43. The van der Waals surface area contributed by atoms with Gasteiger partial charge in [0.05, 0.1) is 0 Å². The van der Waals surface area contributed by atoms with E-state index in [0.29, 0.717) is 5.75 Å². The van der Waals surface area contributed by atoms with Crippen LogP contribution in [0.25, 0.3) is 0 Å². The van der Waals surface area contributed by atoms with Gasteiger partial charge in [0, 0.05) is 0 Å². The average Bonchev–Trinajstić information content (AvgIpc) is 1.99. The number of halogens is 2. The summed E-state index contributed by atoms with van der Waals surface area (Å²) in [7, 11) is 0. The summed E-state index contributed by atoms with van der Waals surface area (Å²) in [6.07, 6.45) is -1.25. The van der Waals surface area contributed by atoms with Gasteiger partial charge in [-0.3, -0.25) is 4.79 Å². The maximum absolute atomic E-state index is 12.2. The van der Waals surface area contributed by atoms with E-state index in [2.05, 4.69) is 0 Å². The minimum atomic E-state index is -2.90. The van der Waals surface area contributed by atoms with Gasteiger partial charge in [-0.2, -0.15) is 11.8 Å². The largest absolute Gasteiger partial charge is 0.368 e. The summed E-state index contributed by atoms with van der Waals surface area (Å²) < 4.78 is 24.4. The summed E-state index contributed by atoms with van der Waals surface area (Å²) in [5.41, 5.74) is 7.73. The molecule has 72 valence electrons. The highest BCUT2D eigenvalue weighted by molar-refractivity contribution is 7.98. The van der Waals surface area contributed by atoms with Gasteiger partial charge < -0.3 is 11.5 Å². The minimum Gasteiger partial charge on any atom is -0.368 e.